The van der Waals surface area contributed by atoms with Gasteiger partial charge in [0.15, 0.2) is 11.5 Å². The zero-order chi connectivity index (χ0) is 12.6. The largest absolute Gasteiger partial charge is 0.507 e. The average molecular weight is 249 g/mol. The van der Waals surface area contributed by atoms with E-state index in [1.54, 1.807) is 12.1 Å². The summed E-state index contributed by atoms with van der Waals surface area (Å²) < 4.78 is 11.5. The van der Waals surface area contributed by atoms with Crippen molar-refractivity contribution in [1.82, 2.24) is 5.32 Å². The molecule has 0 saturated carbocycles. The molecule has 2 heterocycles. The molecule has 1 aromatic carbocycles. The summed E-state index contributed by atoms with van der Waals surface area (Å²) in [6.07, 6.45) is 2.99. The highest BCUT2D eigenvalue weighted by molar-refractivity contribution is 5.57. The predicted octanol–water partition coefficient (Wildman–Crippen LogP) is 2.15. The summed E-state index contributed by atoms with van der Waals surface area (Å²) in [4.78, 5) is 0. The first-order chi connectivity index (χ1) is 8.71. The zero-order valence-electron chi connectivity index (χ0n) is 10.7. The van der Waals surface area contributed by atoms with Gasteiger partial charge in [0.2, 0.25) is 0 Å². The van der Waals surface area contributed by atoms with Crippen LogP contribution >= 0.6 is 0 Å². The van der Waals surface area contributed by atoms with Gasteiger partial charge < -0.3 is 19.9 Å². The third kappa shape index (κ3) is 1.81. The maximum atomic E-state index is 10.2. The first-order valence-electron chi connectivity index (χ1n) is 6.58. The maximum absolute atomic E-state index is 10.2. The van der Waals surface area contributed by atoms with Gasteiger partial charge in [-0.1, -0.05) is 0 Å². The van der Waals surface area contributed by atoms with Gasteiger partial charge in [0.25, 0.3) is 0 Å². The van der Waals surface area contributed by atoms with Crippen molar-refractivity contribution in [1.29, 1.82) is 0 Å². The van der Waals surface area contributed by atoms with Crippen LogP contribution in [-0.4, -0.2) is 24.9 Å². The van der Waals surface area contributed by atoms with Crippen molar-refractivity contribution < 1.29 is 14.6 Å². The van der Waals surface area contributed by atoms with Gasteiger partial charge in [-0.3, -0.25) is 0 Å². The first-order valence-corrected chi connectivity index (χ1v) is 6.58. The van der Waals surface area contributed by atoms with Gasteiger partial charge in [-0.05, 0) is 38.4 Å². The number of fused-ring (bicyclic) bond motifs is 1. The molecule has 1 aromatic rings. The molecule has 2 N–H and O–H groups in total. The molecule has 0 aromatic heterocycles. The van der Waals surface area contributed by atoms with Crippen LogP contribution in [0.15, 0.2) is 12.1 Å². The van der Waals surface area contributed by atoms with E-state index >= 15 is 0 Å². The number of rotatable bonds is 1. The molecule has 0 amide bonds. The van der Waals surface area contributed by atoms with Gasteiger partial charge in [-0.15, -0.1) is 0 Å². The second-order valence-electron chi connectivity index (χ2n) is 5.20. The standard InChI is InChI=1S/C14H19NO3/c1-14(6-2-7-15-14)12-10(16)4-5-11-13(12)18-9-3-8-17-11/h4-5,15-16H,2-3,6-9H2,1H3. The molecule has 0 spiro atoms. The fourth-order valence-corrected chi connectivity index (χ4v) is 2.87. The topological polar surface area (TPSA) is 50.7 Å². The molecule has 0 radical (unpaired) electrons. The minimum absolute atomic E-state index is 0.219. The van der Waals surface area contributed by atoms with Crippen LogP contribution in [0.25, 0.3) is 0 Å². The second-order valence-corrected chi connectivity index (χ2v) is 5.20. The molecule has 98 valence electrons. The molecule has 2 aliphatic heterocycles. The summed E-state index contributed by atoms with van der Waals surface area (Å²) in [7, 11) is 0. The molecular weight excluding hydrogens is 230 g/mol. The summed E-state index contributed by atoms with van der Waals surface area (Å²) in [5.41, 5.74) is 0.628. The van der Waals surface area contributed by atoms with E-state index in [0.717, 1.165) is 37.1 Å². The number of benzene rings is 1. The van der Waals surface area contributed by atoms with E-state index in [2.05, 4.69) is 12.2 Å². The second kappa shape index (κ2) is 4.35. The molecule has 1 unspecified atom stereocenters. The molecule has 4 nitrogen and oxygen atoms in total. The molecule has 0 bridgehead atoms. The van der Waals surface area contributed by atoms with E-state index in [4.69, 9.17) is 9.47 Å². The Kier molecular flexibility index (Phi) is 2.82. The average Bonchev–Trinajstić information content (AvgIpc) is 2.65. The molecule has 4 heteroatoms. The van der Waals surface area contributed by atoms with Crippen LogP contribution in [0.3, 0.4) is 0 Å². The van der Waals surface area contributed by atoms with Crippen molar-refractivity contribution in [3.63, 3.8) is 0 Å². The van der Waals surface area contributed by atoms with Crippen LogP contribution in [-0.2, 0) is 5.54 Å². The number of nitrogens with one attached hydrogen (secondary N) is 1. The zero-order valence-corrected chi connectivity index (χ0v) is 10.7. The Morgan fingerprint density at radius 3 is 2.83 bits per heavy atom. The normalized spacial score (nSPS) is 26.9. The van der Waals surface area contributed by atoms with Crippen molar-refractivity contribution in [2.75, 3.05) is 19.8 Å². The quantitative estimate of drug-likeness (QED) is 0.800. The lowest BCUT2D eigenvalue weighted by Crippen LogP contribution is -2.33. The number of ether oxygens (including phenoxy) is 2. The minimum atomic E-state index is -0.219. The van der Waals surface area contributed by atoms with Crippen LogP contribution in [0.4, 0.5) is 0 Å². The molecule has 1 saturated heterocycles. The van der Waals surface area contributed by atoms with Crippen molar-refractivity contribution >= 4 is 0 Å². The van der Waals surface area contributed by atoms with Gasteiger partial charge >= 0.3 is 0 Å². The Morgan fingerprint density at radius 2 is 2.06 bits per heavy atom. The summed E-state index contributed by atoms with van der Waals surface area (Å²) >= 11 is 0. The predicted molar refractivity (Wildman–Crippen MR) is 68.3 cm³/mol. The van der Waals surface area contributed by atoms with E-state index < -0.39 is 0 Å². The monoisotopic (exact) mass is 249 g/mol. The van der Waals surface area contributed by atoms with Crippen molar-refractivity contribution in [3.8, 4) is 17.2 Å². The van der Waals surface area contributed by atoms with Crippen molar-refractivity contribution in [3.05, 3.63) is 17.7 Å². The van der Waals surface area contributed by atoms with E-state index in [0.29, 0.717) is 19.0 Å². The highest BCUT2D eigenvalue weighted by atomic mass is 16.5. The number of hydrogen-bond acceptors (Lipinski definition) is 4. The van der Waals surface area contributed by atoms with Gasteiger partial charge in [-0.2, -0.15) is 0 Å². The lowest BCUT2D eigenvalue weighted by Gasteiger charge is -2.28. The lowest BCUT2D eigenvalue weighted by molar-refractivity contribution is 0.290. The van der Waals surface area contributed by atoms with Crippen LogP contribution in [0.5, 0.6) is 17.2 Å². The SMILES string of the molecule is CC1(c2c(O)ccc3c2OCCCO3)CCCN1. The van der Waals surface area contributed by atoms with Crippen LogP contribution in [0, 0.1) is 0 Å². The highest BCUT2D eigenvalue weighted by Crippen LogP contribution is 2.46. The Bertz CT molecular complexity index is 453. The number of aromatic hydroxyl groups is 1. The highest BCUT2D eigenvalue weighted by Gasteiger charge is 2.37. The van der Waals surface area contributed by atoms with E-state index in [1.165, 1.54) is 0 Å². The third-order valence-corrected chi connectivity index (χ3v) is 3.81. The Morgan fingerprint density at radius 1 is 1.22 bits per heavy atom. The van der Waals surface area contributed by atoms with Crippen LogP contribution < -0.4 is 14.8 Å². The maximum Gasteiger partial charge on any atom is 0.169 e. The Labute approximate surface area is 107 Å². The Balaban J connectivity index is 2.12. The number of phenolic OH excluding ortho intramolecular Hbond substituents is 1. The fraction of sp³-hybridized carbons (Fsp3) is 0.571. The molecule has 3 rings (SSSR count). The van der Waals surface area contributed by atoms with Gasteiger partial charge in [0.05, 0.1) is 18.8 Å². The number of phenols is 1. The van der Waals surface area contributed by atoms with Gasteiger partial charge in [0, 0.05) is 12.0 Å². The molecule has 1 fully saturated rings. The lowest BCUT2D eigenvalue weighted by atomic mass is 9.88. The Hall–Kier alpha value is -1.42. The van der Waals surface area contributed by atoms with Gasteiger partial charge in [0.1, 0.15) is 5.75 Å². The molecule has 1 atom stereocenters. The van der Waals surface area contributed by atoms with Crippen molar-refractivity contribution in [2.24, 2.45) is 0 Å². The third-order valence-electron chi connectivity index (χ3n) is 3.81. The number of hydrogen-bond donors (Lipinski definition) is 2. The molecular formula is C14H19NO3. The van der Waals surface area contributed by atoms with Crippen molar-refractivity contribution in [2.45, 2.75) is 31.7 Å². The van der Waals surface area contributed by atoms with E-state index in [9.17, 15) is 5.11 Å². The summed E-state index contributed by atoms with van der Waals surface area (Å²) in [6, 6.07) is 3.49. The molecule has 0 aliphatic carbocycles. The summed E-state index contributed by atoms with van der Waals surface area (Å²) in [5, 5.41) is 13.7. The smallest absolute Gasteiger partial charge is 0.169 e. The fourth-order valence-electron chi connectivity index (χ4n) is 2.87. The van der Waals surface area contributed by atoms with E-state index in [-0.39, 0.29) is 11.3 Å². The summed E-state index contributed by atoms with van der Waals surface area (Å²) in [5.74, 6) is 1.75. The van der Waals surface area contributed by atoms with Crippen LogP contribution in [0.1, 0.15) is 31.7 Å². The molecule has 2 aliphatic rings. The van der Waals surface area contributed by atoms with Crippen LogP contribution in [0.2, 0.25) is 0 Å². The molecule has 18 heavy (non-hydrogen) atoms. The first kappa shape index (κ1) is 11.7. The summed E-state index contributed by atoms with van der Waals surface area (Å²) in [6.45, 7) is 4.39. The van der Waals surface area contributed by atoms with E-state index in [1.807, 2.05) is 0 Å². The van der Waals surface area contributed by atoms with Gasteiger partial charge in [-0.25, -0.2) is 0 Å². The minimum Gasteiger partial charge on any atom is -0.507 e.